The number of hydrogen-bond donors (Lipinski definition) is 0. The predicted molar refractivity (Wildman–Crippen MR) is 111 cm³/mol. The van der Waals surface area contributed by atoms with Crippen molar-refractivity contribution in [1.29, 1.82) is 0 Å². The molecule has 0 unspecified atom stereocenters. The van der Waals surface area contributed by atoms with Gasteiger partial charge in [0, 0.05) is 50.0 Å². The van der Waals surface area contributed by atoms with Crippen LogP contribution in [0.5, 0.6) is 0 Å². The summed E-state index contributed by atoms with van der Waals surface area (Å²) in [5, 5.41) is 0. The van der Waals surface area contributed by atoms with Crippen molar-refractivity contribution in [3.8, 4) is 11.1 Å². The average molecular weight is 364 g/mol. The lowest BCUT2D eigenvalue weighted by Gasteiger charge is -2.36. The standard InChI is InChI=1S/C23H29N3O/c1-16-10-20(12-22(15-27)18(16)3)21-11-17(2)23(24-13-21)26-8-6-25(7-9-26)14-19-4-5-19/h10-13,15,19H,4-9,14H2,1-3H3. The maximum Gasteiger partial charge on any atom is 0.150 e. The zero-order valence-electron chi connectivity index (χ0n) is 16.7. The van der Waals surface area contributed by atoms with E-state index in [1.807, 2.05) is 19.2 Å². The number of aryl methyl sites for hydroxylation is 2. The molecule has 2 fully saturated rings. The highest BCUT2D eigenvalue weighted by Crippen LogP contribution is 2.31. The quantitative estimate of drug-likeness (QED) is 0.752. The maximum atomic E-state index is 11.4. The third-order valence-electron chi connectivity index (χ3n) is 6.10. The Morgan fingerprint density at radius 2 is 1.70 bits per heavy atom. The Kier molecular flexibility index (Phi) is 5.00. The topological polar surface area (TPSA) is 36.4 Å². The van der Waals surface area contributed by atoms with E-state index in [2.05, 4.69) is 35.8 Å². The van der Waals surface area contributed by atoms with Crippen LogP contribution in [0.1, 0.15) is 39.9 Å². The molecule has 0 N–H and O–H groups in total. The van der Waals surface area contributed by atoms with Gasteiger partial charge in [0.05, 0.1) is 0 Å². The maximum absolute atomic E-state index is 11.4. The molecule has 0 amide bonds. The fourth-order valence-electron chi connectivity index (χ4n) is 4.04. The number of rotatable bonds is 5. The fourth-order valence-corrected chi connectivity index (χ4v) is 4.04. The normalized spacial score (nSPS) is 18.0. The Hall–Kier alpha value is -2.20. The zero-order chi connectivity index (χ0) is 19.0. The van der Waals surface area contributed by atoms with Gasteiger partial charge in [0.15, 0.2) is 0 Å². The van der Waals surface area contributed by atoms with Gasteiger partial charge in [0.1, 0.15) is 12.1 Å². The number of nitrogens with zero attached hydrogens (tertiary/aromatic N) is 3. The van der Waals surface area contributed by atoms with Crippen LogP contribution in [0.4, 0.5) is 5.82 Å². The number of piperazine rings is 1. The van der Waals surface area contributed by atoms with E-state index >= 15 is 0 Å². The number of aldehydes is 1. The monoisotopic (exact) mass is 363 g/mol. The molecule has 1 aliphatic carbocycles. The zero-order valence-corrected chi connectivity index (χ0v) is 16.7. The first-order valence-corrected chi connectivity index (χ1v) is 10.1. The number of pyridine rings is 1. The van der Waals surface area contributed by atoms with Crippen molar-refractivity contribution >= 4 is 12.1 Å². The second kappa shape index (κ2) is 7.43. The summed E-state index contributed by atoms with van der Waals surface area (Å²) >= 11 is 0. The van der Waals surface area contributed by atoms with Crippen molar-refractivity contribution in [1.82, 2.24) is 9.88 Å². The number of carbonyl (C=O) groups is 1. The van der Waals surface area contributed by atoms with Gasteiger partial charge in [-0.3, -0.25) is 9.69 Å². The summed E-state index contributed by atoms with van der Waals surface area (Å²) in [5.74, 6) is 2.06. The van der Waals surface area contributed by atoms with Crippen molar-refractivity contribution in [3.63, 3.8) is 0 Å². The van der Waals surface area contributed by atoms with Crippen molar-refractivity contribution in [3.05, 3.63) is 46.6 Å². The Morgan fingerprint density at radius 3 is 2.33 bits per heavy atom. The Labute approximate surface area is 162 Å². The van der Waals surface area contributed by atoms with Crippen LogP contribution < -0.4 is 4.90 Å². The van der Waals surface area contributed by atoms with Gasteiger partial charge in [-0.15, -0.1) is 0 Å². The minimum Gasteiger partial charge on any atom is -0.354 e. The Bertz CT molecular complexity index is 849. The summed E-state index contributed by atoms with van der Waals surface area (Å²) < 4.78 is 0. The van der Waals surface area contributed by atoms with E-state index in [0.717, 1.165) is 72.0 Å². The first-order valence-electron chi connectivity index (χ1n) is 10.1. The Morgan fingerprint density at radius 1 is 1.00 bits per heavy atom. The number of carbonyl (C=O) groups excluding carboxylic acids is 1. The second-order valence-electron chi connectivity index (χ2n) is 8.22. The summed E-state index contributed by atoms with van der Waals surface area (Å²) in [7, 11) is 0. The average Bonchev–Trinajstić information content (AvgIpc) is 3.48. The molecule has 4 nitrogen and oxygen atoms in total. The molecule has 0 radical (unpaired) electrons. The van der Waals surface area contributed by atoms with Crippen LogP contribution in [0.2, 0.25) is 0 Å². The van der Waals surface area contributed by atoms with E-state index < -0.39 is 0 Å². The van der Waals surface area contributed by atoms with Crippen molar-refractivity contribution in [2.24, 2.45) is 5.92 Å². The lowest BCUT2D eigenvalue weighted by Crippen LogP contribution is -2.47. The SMILES string of the molecule is Cc1cc(-c2cc(C)c(C)c(C=O)c2)cnc1N1CCN(CC2CC2)CC1. The molecule has 1 aromatic heterocycles. The van der Waals surface area contributed by atoms with Crippen LogP contribution in [-0.4, -0.2) is 48.9 Å². The van der Waals surface area contributed by atoms with Crippen LogP contribution in [0, 0.1) is 26.7 Å². The highest BCUT2D eigenvalue weighted by molar-refractivity contribution is 5.82. The first kappa shape index (κ1) is 18.2. The molecule has 1 aliphatic heterocycles. The van der Waals surface area contributed by atoms with E-state index in [4.69, 9.17) is 4.98 Å². The minimum atomic E-state index is 0.763. The van der Waals surface area contributed by atoms with Gasteiger partial charge in [-0.05, 0) is 73.9 Å². The number of benzene rings is 1. The lowest BCUT2D eigenvalue weighted by molar-refractivity contribution is 0.112. The molecule has 142 valence electrons. The molecule has 27 heavy (non-hydrogen) atoms. The van der Waals surface area contributed by atoms with Crippen LogP contribution in [-0.2, 0) is 0 Å². The Balaban J connectivity index is 1.51. The van der Waals surface area contributed by atoms with Crippen molar-refractivity contribution < 1.29 is 4.79 Å². The van der Waals surface area contributed by atoms with Gasteiger partial charge < -0.3 is 4.90 Å². The molecule has 1 saturated carbocycles. The largest absolute Gasteiger partial charge is 0.354 e. The van der Waals surface area contributed by atoms with Crippen molar-refractivity contribution in [2.75, 3.05) is 37.6 Å². The molecule has 4 heteroatoms. The smallest absolute Gasteiger partial charge is 0.150 e. The van der Waals surface area contributed by atoms with Crippen LogP contribution in [0.25, 0.3) is 11.1 Å². The summed E-state index contributed by atoms with van der Waals surface area (Å²) in [6.07, 6.45) is 5.75. The second-order valence-corrected chi connectivity index (χ2v) is 8.22. The summed E-state index contributed by atoms with van der Waals surface area (Å²) in [4.78, 5) is 21.2. The molecule has 0 spiro atoms. The van der Waals surface area contributed by atoms with Gasteiger partial charge >= 0.3 is 0 Å². The van der Waals surface area contributed by atoms with Crippen molar-refractivity contribution in [2.45, 2.75) is 33.6 Å². The van der Waals surface area contributed by atoms with Crippen LogP contribution >= 0.6 is 0 Å². The molecule has 4 rings (SSSR count). The van der Waals surface area contributed by atoms with E-state index in [1.54, 1.807) is 0 Å². The number of aromatic nitrogens is 1. The molecular weight excluding hydrogens is 334 g/mol. The summed E-state index contributed by atoms with van der Waals surface area (Å²) in [6.45, 7) is 11.9. The molecule has 2 heterocycles. The van der Waals surface area contributed by atoms with Gasteiger partial charge in [-0.2, -0.15) is 0 Å². The molecule has 0 atom stereocenters. The summed E-state index contributed by atoms with van der Waals surface area (Å²) in [5.41, 5.74) is 6.31. The van der Waals surface area contributed by atoms with E-state index in [-0.39, 0.29) is 0 Å². The van der Waals surface area contributed by atoms with E-state index in [9.17, 15) is 4.79 Å². The number of hydrogen-bond acceptors (Lipinski definition) is 4. The minimum absolute atomic E-state index is 0.763. The van der Waals surface area contributed by atoms with Gasteiger partial charge in [0.2, 0.25) is 0 Å². The highest BCUT2D eigenvalue weighted by atomic mass is 16.1. The fraction of sp³-hybridized carbons (Fsp3) is 0.478. The summed E-state index contributed by atoms with van der Waals surface area (Å²) in [6, 6.07) is 6.33. The molecule has 2 aromatic rings. The van der Waals surface area contributed by atoms with E-state index in [0.29, 0.717) is 0 Å². The highest BCUT2D eigenvalue weighted by Gasteiger charge is 2.27. The lowest BCUT2D eigenvalue weighted by atomic mass is 9.96. The first-order chi connectivity index (χ1) is 13.0. The molecule has 1 aromatic carbocycles. The van der Waals surface area contributed by atoms with Gasteiger partial charge in [0.25, 0.3) is 0 Å². The van der Waals surface area contributed by atoms with Crippen LogP contribution in [0.3, 0.4) is 0 Å². The van der Waals surface area contributed by atoms with Crippen LogP contribution in [0.15, 0.2) is 24.4 Å². The third kappa shape index (κ3) is 3.91. The van der Waals surface area contributed by atoms with Gasteiger partial charge in [-0.1, -0.05) is 6.07 Å². The molecular formula is C23H29N3O. The third-order valence-corrected chi connectivity index (χ3v) is 6.10. The van der Waals surface area contributed by atoms with E-state index in [1.165, 1.54) is 24.9 Å². The predicted octanol–water partition coefficient (Wildman–Crippen LogP) is 4.02. The molecule has 2 aliphatic rings. The molecule has 1 saturated heterocycles. The molecule has 0 bridgehead atoms. The van der Waals surface area contributed by atoms with Gasteiger partial charge in [-0.25, -0.2) is 4.98 Å². The number of anilines is 1.